The molecule has 13 nitrogen and oxygen atoms in total. The van der Waals surface area contributed by atoms with Gasteiger partial charge in [0.1, 0.15) is 40.4 Å². The van der Waals surface area contributed by atoms with Crippen LogP contribution in [-0.2, 0) is 19.1 Å². The maximum atomic E-state index is 14.4. The monoisotopic (exact) mass is 688 g/mol. The first-order valence-electron chi connectivity index (χ1n) is 17.1. The van der Waals surface area contributed by atoms with Gasteiger partial charge < -0.3 is 30.1 Å². The number of hydrogen-bond donors (Lipinski definition) is 3. The van der Waals surface area contributed by atoms with E-state index in [-0.39, 0.29) is 31.4 Å². The summed E-state index contributed by atoms with van der Waals surface area (Å²) in [6, 6.07) is 5.35. The lowest BCUT2D eigenvalue weighted by molar-refractivity contribution is -0.145. The molecule has 3 N–H and O–H groups in total. The molecular weight excluding hydrogens is 648 g/mol. The fourth-order valence-electron chi connectivity index (χ4n) is 7.17. The summed E-state index contributed by atoms with van der Waals surface area (Å²) in [5.41, 5.74) is -0.862. The Morgan fingerprint density at radius 2 is 1.88 bits per heavy atom. The SMILES string of the molecule is O=C(N[C@H]1CCCCC/C=C\[C@@H]2C[C@@]2(C(=O)O)NC(=O)[C@@H]2C[C@@H](Oc3nc(-c4ccccn4)nc4sccc34)CN2C1=O)OC1CCCC1. The number of carbonyl (C=O) groups excluding carboxylic acids is 3. The predicted molar refractivity (Wildman–Crippen MR) is 180 cm³/mol. The molecule has 0 aromatic carbocycles. The molecule has 258 valence electrons. The van der Waals surface area contributed by atoms with E-state index in [9.17, 15) is 24.3 Å². The summed E-state index contributed by atoms with van der Waals surface area (Å²) in [7, 11) is 0. The lowest BCUT2D eigenvalue weighted by Crippen LogP contribution is -2.56. The minimum Gasteiger partial charge on any atom is -0.479 e. The molecule has 14 heteroatoms. The fraction of sp³-hybridized carbons (Fsp3) is 0.514. The van der Waals surface area contributed by atoms with Crippen LogP contribution < -0.4 is 15.4 Å². The van der Waals surface area contributed by atoms with Crippen LogP contribution in [0.2, 0.25) is 0 Å². The Hall–Kier alpha value is -4.59. The zero-order chi connectivity index (χ0) is 34.0. The summed E-state index contributed by atoms with van der Waals surface area (Å²) in [5.74, 6) is -1.77. The highest BCUT2D eigenvalue weighted by Crippen LogP contribution is 2.45. The number of fused-ring (bicyclic) bond motifs is 3. The summed E-state index contributed by atoms with van der Waals surface area (Å²) >= 11 is 1.43. The molecule has 2 aliphatic carbocycles. The largest absolute Gasteiger partial charge is 0.479 e. The second kappa shape index (κ2) is 14.1. The lowest BCUT2D eigenvalue weighted by atomic mass is 10.0. The van der Waals surface area contributed by atoms with Crippen molar-refractivity contribution in [3.05, 3.63) is 48.0 Å². The molecule has 5 heterocycles. The molecule has 4 aliphatic rings. The van der Waals surface area contributed by atoms with Crippen LogP contribution in [0.15, 0.2) is 48.0 Å². The van der Waals surface area contributed by atoms with Crippen molar-refractivity contribution >= 4 is 45.4 Å². The number of ether oxygens (including phenoxy) is 2. The molecule has 7 rings (SSSR count). The van der Waals surface area contributed by atoms with Gasteiger partial charge in [-0.05, 0) is 74.9 Å². The summed E-state index contributed by atoms with van der Waals surface area (Å²) in [6.07, 6.45) is 11.4. The minimum absolute atomic E-state index is 0.0325. The van der Waals surface area contributed by atoms with Gasteiger partial charge in [-0.3, -0.25) is 14.6 Å². The highest BCUT2D eigenvalue weighted by atomic mass is 32.1. The van der Waals surface area contributed by atoms with Crippen molar-refractivity contribution in [2.24, 2.45) is 5.92 Å². The van der Waals surface area contributed by atoms with E-state index in [1.54, 1.807) is 18.3 Å². The molecule has 0 bridgehead atoms. The van der Waals surface area contributed by atoms with E-state index in [1.165, 1.54) is 16.2 Å². The number of nitrogens with one attached hydrogen (secondary N) is 2. The molecule has 0 unspecified atom stereocenters. The number of pyridine rings is 1. The first-order valence-corrected chi connectivity index (χ1v) is 18.0. The van der Waals surface area contributed by atoms with Gasteiger partial charge in [-0.25, -0.2) is 14.6 Å². The van der Waals surface area contributed by atoms with Gasteiger partial charge >= 0.3 is 12.1 Å². The number of carbonyl (C=O) groups is 4. The average molecular weight is 689 g/mol. The Labute approximate surface area is 287 Å². The van der Waals surface area contributed by atoms with Crippen LogP contribution in [-0.4, -0.2) is 85.2 Å². The fourth-order valence-corrected chi connectivity index (χ4v) is 7.92. The Balaban J connectivity index is 1.18. The number of amides is 3. The number of allylic oxidation sites excluding steroid dienone is 1. The third kappa shape index (κ3) is 7.10. The van der Waals surface area contributed by atoms with Gasteiger partial charge in [0.15, 0.2) is 5.82 Å². The van der Waals surface area contributed by atoms with Crippen LogP contribution in [0.1, 0.15) is 70.6 Å². The Morgan fingerprint density at radius 3 is 2.67 bits per heavy atom. The molecule has 49 heavy (non-hydrogen) atoms. The van der Waals surface area contributed by atoms with Crippen molar-refractivity contribution in [3.63, 3.8) is 0 Å². The molecular formula is C35H40N6O7S. The summed E-state index contributed by atoms with van der Waals surface area (Å²) in [5, 5.41) is 18.3. The zero-order valence-corrected chi connectivity index (χ0v) is 27.9. The van der Waals surface area contributed by atoms with E-state index in [1.807, 2.05) is 29.7 Å². The third-order valence-electron chi connectivity index (χ3n) is 9.95. The molecule has 0 radical (unpaired) electrons. The Morgan fingerprint density at radius 1 is 1.04 bits per heavy atom. The normalized spacial score (nSPS) is 28.4. The second-order valence-electron chi connectivity index (χ2n) is 13.3. The molecule has 3 amide bonds. The van der Waals surface area contributed by atoms with Crippen LogP contribution in [0.3, 0.4) is 0 Å². The number of carboxylic acid groups (broad SMARTS) is 1. The highest BCUT2D eigenvalue weighted by molar-refractivity contribution is 7.16. The first kappa shape index (κ1) is 32.9. The molecule has 1 saturated heterocycles. The standard InChI is InChI=1S/C35H40N6O7S/c42-29-27-18-23(47-30-24-15-17-49-31(24)39-28(38-30)25-13-8-9-16-36-25)20-41(27)32(43)26(37-34(46)48-22-11-6-7-12-22)14-5-3-1-2-4-10-21-19-35(21,40-29)33(44)45/h4,8-10,13,15-17,21-23,26-27H,1-3,5-7,11-12,14,18-20H2,(H,37,46)(H,40,42)(H,44,45)/b10-4-/t21-,23-,26+,27+,35-/m1/s1. The number of rotatable bonds is 6. The molecule has 2 aliphatic heterocycles. The Kier molecular flexibility index (Phi) is 9.48. The maximum Gasteiger partial charge on any atom is 0.408 e. The predicted octanol–water partition coefficient (Wildman–Crippen LogP) is 4.62. The van der Waals surface area contributed by atoms with E-state index in [2.05, 4.69) is 25.6 Å². The summed E-state index contributed by atoms with van der Waals surface area (Å²) in [6.45, 7) is 0.0325. The number of aromatic nitrogens is 3. The van der Waals surface area contributed by atoms with Gasteiger partial charge in [-0.1, -0.05) is 31.1 Å². The lowest BCUT2D eigenvalue weighted by Gasteiger charge is -2.29. The number of nitrogens with zero attached hydrogens (tertiary/aromatic N) is 4. The number of carboxylic acids is 1. The first-order chi connectivity index (χ1) is 23.8. The smallest absolute Gasteiger partial charge is 0.408 e. The van der Waals surface area contributed by atoms with E-state index in [0.29, 0.717) is 40.5 Å². The number of aliphatic carboxylic acids is 1. The van der Waals surface area contributed by atoms with Crippen molar-refractivity contribution in [3.8, 4) is 17.4 Å². The van der Waals surface area contributed by atoms with Crippen molar-refractivity contribution in [2.45, 2.75) is 100 Å². The van der Waals surface area contributed by atoms with E-state index >= 15 is 0 Å². The summed E-state index contributed by atoms with van der Waals surface area (Å²) in [4.78, 5) is 69.7. The second-order valence-corrected chi connectivity index (χ2v) is 14.2. The molecule has 0 spiro atoms. The van der Waals surface area contributed by atoms with E-state index < -0.39 is 47.6 Å². The minimum atomic E-state index is -1.43. The van der Waals surface area contributed by atoms with Crippen molar-refractivity contribution in [1.29, 1.82) is 0 Å². The van der Waals surface area contributed by atoms with Crippen LogP contribution in [0.5, 0.6) is 5.88 Å². The number of hydrogen-bond acceptors (Lipinski definition) is 10. The molecule has 3 aromatic rings. The topological polar surface area (TPSA) is 173 Å². The zero-order valence-electron chi connectivity index (χ0n) is 27.1. The van der Waals surface area contributed by atoms with Gasteiger partial charge in [-0.2, -0.15) is 4.98 Å². The number of thiophene rings is 1. The van der Waals surface area contributed by atoms with Crippen molar-refractivity contribution < 1.29 is 33.8 Å². The third-order valence-corrected chi connectivity index (χ3v) is 10.8. The molecule has 2 saturated carbocycles. The quantitative estimate of drug-likeness (QED) is 0.310. The molecule has 5 atom stereocenters. The van der Waals surface area contributed by atoms with Crippen molar-refractivity contribution in [1.82, 2.24) is 30.5 Å². The van der Waals surface area contributed by atoms with Crippen LogP contribution in [0.25, 0.3) is 21.7 Å². The van der Waals surface area contributed by atoms with Crippen LogP contribution >= 0.6 is 11.3 Å². The van der Waals surface area contributed by atoms with Gasteiger partial charge in [0, 0.05) is 18.5 Å². The van der Waals surface area contributed by atoms with Gasteiger partial charge in [0.25, 0.3) is 0 Å². The molecule has 3 aromatic heterocycles. The highest BCUT2D eigenvalue weighted by Gasteiger charge is 2.61. The Bertz CT molecular complexity index is 1740. The number of alkyl carbamates (subject to hydrolysis) is 1. The molecule has 3 fully saturated rings. The van der Waals surface area contributed by atoms with Gasteiger partial charge in [0.2, 0.25) is 17.7 Å². The van der Waals surface area contributed by atoms with Crippen LogP contribution in [0.4, 0.5) is 4.79 Å². The van der Waals surface area contributed by atoms with Gasteiger partial charge in [-0.15, -0.1) is 11.3 Å². The van der Waals surface area contributed by atoms with E-state index in [0.717, 1.165) is 44.9 Å². The van der Waals surface area contributed by atoms with Gasteiger partial charge in [0.05, 0.1) is 11.9 Å². The summed E-state index contributed by atoms with van der Waals surface area (Å²) < 4.78 is 12.1. The van der Waals surface area contributed by atoms with Crippen molar-refractivity contribution in [2.75, 3.05) is 6.54 Å². The van der Waals surface area contributed by atoms with E-state index in [4.69, 9.17) is 9.47 Å². The average Bonchev–Trinajstić information content (AvgIpc) is 3.54. The maximum absolute atomic E-state index is 14.4. The van der Waals surface area contributed by atoms with Crippen LogP contribution in [0, 0.1) is 5.92 Å².